The van der Waals surface area contributed by atoms with Crippen LogP contribution in [0.5, 0.6) is 0 Å². The molecule has 1 heterocycles. The predicted octanol–water partition coefficient (Wildman–Crippen LogP) is 3.82. The van der Waals surface area contributed by atoms with Crippen LogP contribution in [0.15, 0.2) is 0 Å². The number of rotatable bonds is 7. The van der Waals surface area contributed by atoms with Crippen LogP contribution >= 0.6 is 11.6 Å². The van der Waals surface area contributed by atoms with Gasteiger partial charge in [-0.3, -0.25) is 4.68 Å². The Hall–Kier alpha value is -0.540. The fourth-order valence-corrected chi connectivity index (χ4v) is 2.41. The van der Waals surface area contributed by atoms with E-state index in [1.54, 1.807) is 0 Å². The van der Waals surface area contributed by atoms with Crippen molar-refractivity contribution in [1.29, 1.82) is 0 Å². The van der Waals surface area contributed by atoms with Crippen LogP contribution in [0.1, 0.15) is 52.4 Å². The normalized spacial score (nSPS) is 14.9. The van der Waals surface area contributed by atoms with Crippen molar-refractivity contribution in [2.75, 3.05) is 6.54 Å². The molecule has 0 fully saturated rings. The Morgan fingerprint density at radius 2 is 2.00 bits per heavy atom. The standard InChI is InChI=1S/C15H28ClN3/c1-7-15(6,10-17-11(3)4)9-13-14(16)12(5)18-19(13)8-2/h11,17H,7-10H2,1-6H3. The second-order valence-corrected chi connectivity index (χ2v) is 6.42. The van der Waals surface area contributed by atoms with Crippen LogP contribution in [0.2, 0.25) is 5.02 Å². The minimum Gasteiger partial charge on any atom is -0.314 e. The largest absolute Gasteiger partial charge is 0.314 e. The minimum absolute atomic E-state index is 0.216. The van der Waals surface area contributed by atoms with E-state index in [0.717, 1.165) is 36.6 Å². The number of halogens is 1. The van der Waals surface area contributed by atoms with Gasteiger partial charge in [-0.1, -0.05) is 39.3 Å². The van der Waals surface area contributed by atoms with Crippen molar-refractivity contribution in [2.45, 2.75) is 67.0 Å². The molecule has 0 aromatic carbocycles. The van der Waals surface area contributed by atoms with Crippen molar-refractivity contribution in [3.63, 3.8) is 0 Å². The molecule has 19 heavy (non-hydrogen) atoms. The molecule has 3 nitrogen and oxygen atoms in total. The summed E-state index contributed by atoms with van der Waals surface area (Å²) < 4.78 is 2.04. The van der Waals surface area contributed by atoms with Gasteiger partial charge in [0.1, 0.15) is 0 Å². The first kappa shape index (κ1) is 16.5. The van der Waals surface area contributed by atoms with Gasteiger partial charge in [-0.05, 0) is 32.1 Å². The molecule has 1 rings (SSSR count). The van der Waals surface area contributed by atoms with E-state index in [2.05, 4.69) is 45.0 Å². The van der Waals surface area contributed by atoms with E-state index in [-0.39, 0.29) is 5.41 Å². The molecule has 1 atom stereocenters. The van der Waals surface area contributed by atoms with E-state index in [4.69, 9.17) is 11.6 Å². The number of hydrogen-bond donors (Lipinski definition) is 1. The summed E-state index contributed by atoms with van der Waals surface area (Å²) in [6.07, 6.45) is 2.09. The molecule has 4 heteroatoms. The number of hydrogen-bond acceptors (Lipinski definition) is 2. The van der Waals surface area contributed by atoms with Crippen LogP contribution in [-0.4, -0.2) is 22.4 Å². The summed E-state index contributed by atoms with van der Waals surface area (Å²) in [4.78, 5) is 0. The summed E-state index contributed by atoms with van der Waals surface area (Å²) in [7, 11) is 0. The van der Waals surface area contributed by atoms with Crippen LogP contribution in [0.3, 0.4) is 0 Å². The Morgan fingerprint density at radius 1 is 1.37 bits per heavy atom. The Labute approximate surface area is 122 Å². The van der Waals surface area contributed by atoms with Gasteiger partial charge in [-0.25, -0.2) is 0 Å². The molecular weight excluding hydrogens is 258 g/mol. The third-order valence-corrected chi connectivity index (χ3v) is 4.33. The van der Waals surface area contributed by atoms with E-state index in [1.165, 1.54) is 5.69 Å². The second-order valence-electron chi connectivity index (χ2n) is 6.04. The van der Waals surface area contributed by atoms with Crippen molar-refractivity contribution in [3.8, 4) is 0 Å². The summed E-state index contributed by atoms with van der Waals surface area (Å²) in [5.74, 6) is 0. The van der Waals surface area contributed by atoms with Crippen LogP contribution in [0.25, 0.3) is 0 Å². The lowest BCUT2D eigenvalue weighted by molar-refractivity contribution is 0.274. The monoisotopic (exact) mass is 285 g/mol. The summed E-state index contributed by atoms with van der Waals surface area (Å²) in [5.41, 5.74) is 2.33. The zero-order chi connectivity index (χ0) is 14.6. The van der Waals surface area contributed by atoms with Crippen LogP contribution in [0.4, 0.5) is 0 Å². The maximum Gasteiger partial charge on any atom is 0.0847 e. The third kappa shape index (κ3) is 4.22. The molecular formula is C15H28ClN3. The molecule has 1 aromatic heterocycles. The van der Waals surface area contributed by atoms with Gasteiger partial charge in [0.15, 0.2) is 0 Å². The molecule has 0 spiro atoms. The zero-order valence-corrected chi connectivity index (χ0v) is 13.9. The first-order valence-corrected chi connectivity index (χ1v) is 7.66. The summed E-state index contributed by atoms with van der Waals surface area (Å²) in [5, 5.41) is 8.89. The number of aromatic nitrogens is 2. The van der Waals surface area contributed by atoms with Gasteiger partial charge in [0.2, 0.25) is 0 Å². The van der Waals surface area contributed by atoms with Crippen LogP contribution < -0.4 is 5.32 Å². The molecule has 0 bridgehead atoms. The molecule has 0 amide bonds. The third-order valence-electron chi connectivity index (χ3n) is 3.84. The minimum atomic E-state index is 0.216. The SMILES string of the molecule is CCn1nc(C)c(Cl)c1CC(C)(CC)CNC(C)C. The molecule has 0 aliphatic heterocycles. The van der Waals surface area contributed by atoms with E-state index in [1.807, 2.05) is 11.6 Å². The van der Waals surface area contributed by atoms with Crippen molar-refractivity contribution < 1.29 is 0 Å². The first-order valence-electron chi connectivity index (χ1n) is 7.28. The molecule has 0 aliphatic carbocycles. The highest BCUT2D eigenvalue weighted by Crippen LogP contribution is 2.31. The topological polar surface area (TPSA) is 29.9 Å². The molecule has 0 saturated heterocycles. The van der Waals surface area contributed by atoms with E-state index < -0.39 is 0 Å². The molecule has 0 radical (unpaired) electrons. The van der Waals surface area contributed by atoms with Crippen molar-refractivity contribution >= 4 is 11.6 Å². The first-order chi connectivity index (χ1) is 8.83. The van der Waals surface area contributed by atoms with Crippen molar-refractivity contribution in [1.82, 2.24) is 15.1 Å². The van der Waals surface area contributed by atoms with Gasteiger partial charge >= 0.3 is 0 Å². The highest BCUT2D eigenvalue weighted by atomic mass is 35.5. The highest BCUT2D eigenvalue weighted by molar-refractivity contribution is 6.31. The van der Waals surface area contributed by atoms with Gasteiger partial charge in [0.25, 0.3) is 0 Å². The summed E-state index contributed by atoms with van der Waals surface area (Å²) >= 11 is 6.41. The van der Waals surface area contributed by atoms with Gasteiger partial charge in [0, 0.05) is 19.1 Å². The van der Waals surface area contributed by atoms with Gasteiger partial charge in [0.05, 0.1) is 16.4 Å². The Kier molecular flexibility index (Phi) is 5.87. The fourth-order valence-electron chi connectivity index (χ4n) is 2.21. The molecule has 1 aromatic rings. The summed E-state index contributed by atoms with van der Waals surface area (Å²) in [6, 6.07) is 0.513. The number of aryl methyl sites for hydroxylation is 2. The van der Waals surface area contributed by atoms with Crippen LogP contribution in [-0.2, 0) is 13.0 Å². The molecule has 110 valence electrons. The maximum atomic E-state index is 6.41. The lowest BCUT2D eigenvalue weighted by Gasteiger charge is -2.30. The van der Waals surface area contributed by atoms with Gasteiger partial charge in [-0.15, -0.1) is 0 Å². The van der Waals surface area contributed by atoms with Gasteiger partial charge in [-0.2, -0.15) is 5.10 Å². The average Bonchev–Trinajstić information content (AvgIpc) is 2.64. The van der Waals surface area contributed by atoms with Crippen LogP contribution in [0, 0.1) is 12.3 Å². The fraction of sp³-hybridized carbons (Fsp3) is 0.800. The van der Waals surface area contributed by atoms with E-state index in [9.17, 15) is 0 Å². The molecule has 0 aliphatic rings. The lowest BCUT2D eigenvalue weighted by atomic mass is 9.82. The predicted molar refractivity (Wildman–Crippen MR) is 82.9 cm³/mol. The Bertz CT molecular complexity index is 412. The van der Waals surface area contributed by atoms with E-state index in [0.29, 0.717) is 6.04 Å². The van der Waals surface area contributed by atoms with Crippen molar-refractivity contribution in [2.24, 2.45) is 5.41 Å². The Balaban J connectivity index is 2.91. The molecule has 1 unspecified atom stereocenters. The Morgan fingerprint density at radius 3 is 2.47 bits per heavy atom. The van der Waals surface area contributed by atoms with Gasteiger partial charge < -0.3 is 5.32 Å². The zero-order valence-electron chi connectivity index (χ0n) is 13.2. The maximum absolute atomic E-state index is 6.41. The number of nitrogens with zero attached hydrogens (tertiary/aromatic N) is 2. The smallest absolute Gasteiger partial charge is 0.0847 e. The van der Waals surface area contributed by atoms with E-state index >= 15 is 0 Å². The highest BCUT2D eigenvalue weighted by Gasteiger charge is 2.26. The number of nitrogens with one attached hydrogen (secondary N) is 1. The second kappa shape index (κ2) is 6.76. The summed E-state index contributed by atoms with van der Waals surface area (Å²) in [6.45, 7) is 14.9. The molecule has 0 saturated carbocycles. The quantitative estimate of drug-likeness (QED) is 0.825. The lowest BCUT2D eigenvalue weighted by Crippen LogP contribution is -2.37. The average molecular weight is 286 g/mol. The molecule has 1 N–H and O–H groups in total. The van der Waals surface area contributed by atoms with Crippen molar-refractivity contribution in [3.05, 3.63) is 16.4 Å².